The maximum absolute atomic E-state index is 6.80. The van der Waals surface area contributed by atoms with Gasteiger partial charge in [-0.1, -0.05) is 103 Å². The lowest BCUT2D eigenvalue weighted by atomic mass is 9.59. The van der Waals surface area contributed by atoms with E-state index in [2.05, 4.69) is 114 Å². The van der Waals surface area contributed by atoms with Gasteiger partial charge in [-0.15, -0.1) is 0 Å². The minimum Gasteiger partial charge on any atom is -0.454 e. The van der Waals surface area contributed by atoms with Crippen molar-refractivity contribution in [1.82, 2.24) is 4.57 Å². The van der Waals surface area contributed by atoms with E-state index in [0.29, 0.717) is 0 Å². The highest BCUT2D eigenvalue weighted by atomic mass is 16.5. The van der Waals surface area contributed by atoms with E-state index in [1.165, 1.54) is 38.0 Å². The summed E-state index contributed by atoms with van der Waals surface area (Å²) >= 11 is 0. The van der Waals surface area contributed by atoms with Gasteiger partial charge in [0.25, 0.3) is 0 Å². The second-order valence-electron chi connectivity index (χ2n) is 12.0. The smallest absolute Gasteiger partial charge is 0.198 e. The number of hydrogen-bond donors (Lipinski definition) is 1. The van der Waals surface area contributed by atoms with Crippen LogP contribution in [0.25, 0.3) is 71.3 Å². The summed E-state index contributed by atoms with van der Waals surface area (Å²) in [5.41, 5.74) is 11.7. The second kappa shape index (κ2) is 8.37. The first-order valence-corrected chi connectivity index (χ1v) is 15.3. The molecule has 0 amide bonds. The van der Waals surface area contributed by atoms with Gasteiger partial charge < -0.3 is 19.0 Å². The molecule has 0 spiro atoms. The van der Waals surface area contributed by atoms with Gasteiger partial charge in [0.1, 0.15) is 5.58 Å². The molecule has 0 fully saturated rings. The van der Waals surface area contributed by atoms with Gasteiger partial charge in [-0.3, -0.25) is 0 Å². The normalized spacial score (nSPS) is 13.0. The molecule has 7 aromatic carbocycles. The lowest BCUT2D eigenvalue weighted by Gasteiger charge is -2.27. The highest BCUT2D eigenvalue weighted by molar-refractivity contribution is 6.74. The van der Waals surface area contributed by atoms with Gasteiger partial charge in [0.2, 0.25) is 0 Å². The zero-order chi connectivity index (χ0) is 29.2. The fraction of sp³-hybridized carbons (Fsp3) is 0. The van der Waals surface area contributed by atoms with Crippen LogP contribution < -0.4 is 21.0 Å². The van der Waals surface area contributed by atoms with Gasteiger partial charge >= 0.3 is 0 Å². The number of rotatable bonds is 1. The Balaban J connectivity index is 1.33. The van der Waals surface area contributed by atoms with Crippen LogP contribution in [0.1, 0.15) is 0 Å². The molecule has 0 aliphatic carbocycles. The molecule has 11 rings (SSSR count). The van der Waals surface area contributed by atoms with E-state index in [9.17, 15) is 0 Å². The molecule has 4 nitrogen and oxygen atoms in total. The van der Waals surface area contributed by atoms with Crippen molar-refractivity contribution in [2.24, 2.45) is 0 Å². The van der Waals surface area contributed by atoms with Crippen molar-refractivity contribution in [3.63, 3.8) is 0 Å². The highest BCUT2D eigenvalue weighted by Gasteiger charge is 2.31. The highest BCUT2D eigenvalue weighted by Crippen LogP contribution is 2.48. The molecule has 1 radical (unpaired) electrons. The average molecular weight is 573 g/mol. The minimum absolute atomic E-state index is 0.813. The first-order valence-electron chi connectivity index (χ1n) is 15.3. The molecule has 4 heterocycles. The van der Waals surface area contributed by atoms with Gasteiger partial charge in [-0.2, -0.15) is 0 Å². The molecule has 1 N–H and O–H groups in total. The van der Waals surface area contributed by atoms with Crippen LogP contribution in [0.2, 0.25) is 0 Å². The fourth-order valence-corrected chi connectivity index (χ4v) is 7.68. The first-order chi connectivity index (χ1) is 22.3. The second-order valence-corrected chi connectivity index (χ2v) is 12.0. The number of para-hydroxylation sites is 5. The molecule has 0 unspecified atom stereocenters. The third-order valence-electron chi connectivity index (χ3n) is 9.59. The van der Waals surface area contributed by atoms with Gasteiger partial charge in [-0.25, -0.2) is 0 Å². The molecule has 207 valence electrons. The van der Waals surface area contributed by atoms with E-state index in [-0.39, 0.29) is 0 Å². The van der Waals surface area contributed by atoms with E-state index >= 15 is 0 Å². The Morgan fingerprint density at radius 2 is 1.36 bits per heavy atom. The number of fused-ring (bicyclic) bond motifs is 13. The van der Waals surface area contributed by atoms with Crippen molar-refractivity contribution in [2.75, 3.05) is 5.32 Å². The van der Waals surface area contributed by atoms with Crippen molar-refractivity contribution in [1.29, 1.82) is 0 Å². The van der Waals surface area contributed by atoms with Crippen LogP contribution in [0.5, 0.6) is 11.5 Å². The summed E-state index contributed by atoms with van der Waals surface area (Å²) in [5.74, 6) is 1.64. The van der Waals surface area contributed by atoms with Gasteiger partial charge in [0.05, 0.1) is 22.6 Å². The molecular formula is C40H22BN2O2. The van der Waals surface area contributed by atoms with Crippen LogP contribution >= 0.6 is 0 Å². The van der Waals surface area contributed by atoms with E-state index in [1.54, 1.807) is 0 Å². The zero-order valence-corrected chi connectivity index (χ0v) is 24.0. The molecule has 0 saturated carbocycles. The maximum Gasteiger partial charge on any atom is 0.198 e. The SMILES string of the molecule is [B]1c2c(-c3cccc4c3Nc3ccccc3O4)cc3c(oc4ccccc43)c2-n2c3c1cccc3c1ccc3ccccc3c12. The van der Waals surface area contributed by atoms with Crippen molar-refractivity contribution in [3.8, 4) is 28.3 Å². The molecule has 0 atom stereocenters. The van der Waals surface area contributed by atoms with Crippen LogP contribution in [-0.2, 0) is 0 Å². The lowest BCUT2D eigenvalue weighted by molar-refractivity contribution is 0.481. The molecule has 9 aromatic rings. The summed E-state index contributed by atoms with van der Waals surface area (Å²) in [6, 6.07) is 44.9. The van der Waals surface area contributed by atoms with Crippen molar-refractivity contribution < 1.29 is 9.15 Å². The Labute approximate surface area is 258 Å². The third-order valence-corrected chi connectivity index (χ3v) is 9.59. The molecule has 5 heteroatoms. The topological polar surface area (TPSA) is 39.3 Å². The van der Waals surface area contributed by atoms with Crippen molar-refractivity contribution in [2.45, 2.75) is 0 Å². The summed E-state index contributed by atoms with van der Waals surface area (Å²) in [6.07, 6.45) is 0. The predicted molar refractivity (Wildman–Crippen MR) is 186 cm³/mol. The van der Waals surface area contributed by atoms with Crippen LogP contribution in [-0.4, -0.2) is 11.8 Å². The van der Waals surface area contributed by atoms with Crippen LogP contribution in [0.4, 0.5) is 11.4 Å². The van der Waals surface area contributed by atoms with Crippen molar-refractivity contribution >= 4 is 84.1 Å². The molecule has 2 aliphatic rings. The number of hydrogen-bond acceptors (Lipinski definition) is 3. The van der Waals surface area contributed by atoms with E-state index in [1.807, 2.05) is 30.3 Å². The Hall–Kier alpha value is -5.94. The monoisotopic (exact) mass is 573 g/mol. The van der Waals surface area contributed by atoms with Gasteiger partial charge in [0.15, 0.2) is 24.4 Å². The standard InChI is InChI=1S/C40H22BN2O2/c1-2-10-23-22(9-1)19-20-27-26-13-7-14-30-38(26)43(37(23)27)39-35(41-30)28(21-29-24-11-3-5-16-32(24)45-40(29)39)25-12-8-18-34-36(25)42-31-15-4-6-17-33(31)44-34/h1-21,42H. The molecule has 45 heavy (non-hydrogen) atoms. The Morgan fingerprint density at radius 1 is 0.578 bits per heavy atom. The van der Waals surface area contributed by atoms with Gasteiger partial charge in [0, 0.05) is 38.0 Å². The third kappa shape index (κ3) is 3.02. The largest absolute Gasteiger partial charge is 0.454 e. The Bertz CT molecular complexity index is 2750. The average Bonchev–Trinajstić information content (AvgIpc) is 3.64. The Kier molecular flexibility index (Phi) is 4.37. The molecular weight excluding hydrogens is 551 g/mol. The van der Waals surface area contributed by atoms with E-state index in [0.717, 1.165) is 67.1 Å². The number of benzene rings is 7. The quantitative estimate of drug-likeness (QED) is 0.199. The van der Waals surface area contributed by atoms with Crippen LogP contribution in [0, 0.1) is 0 Å². The van der Waals surface area contributed by atoms with E-state index in [4.69, 9.17) is 9.15 Å². The number of nitrogens with zero attached hydrogens (tertiary/aromatic N) is 1. The van der Waals surface area contributed by atoms with Crippen LogP contribution in [0.15, 0.2) is 132 Å². The molecule has 2 aliphatic heterocycles. The minimum atomic E-state index is 0.813. The number of ether oxygens (including phenoxy) is 1. The predicted octanol–water partition coefficient (Wildman–Crippen LogP) is 9.32. The number of aromatic nitrogens is 1. The molecule has 2 aromatic heterocycles. The summed E-state index contributed by atoms with van der Waals surface area (Å²) < 4.78 is 15.7. The lowest BCUT2D eigenvalue weighted by Crippen LogP contribution is -2.37. The summed E-state index contributed by atoms with van der Waals surface area (Å²) in [7, 11) is 2.34. The van der Waals surface area contributed by atoms with Crippen LogP contribution in [0.3, 0.4) is 0 Å². The van der Waals surface area contributed by atoms with Gasteiger partial charge in [-0.05, 0) is 46.7 Å². The number of furan rings is 1. The summed E-state index contributed by atoms with van der Waals surface area (Å²) in [4.78, 5) is 0. The molecule has 0 bridgehead atoms. The number of nitrogens with one attached hydrogen (secondary N) is 1. The van der Waals surface area contributed by atoms with E-state index < -0.39 is 0 Å². The maximum atomic E-state index is 6.80. The summed E-state index contributed by atoms with van der Waals surface area (Å²) in [5, 5.41) is 10.8. The summed E-state index contributed by atoms with van der Waals surface area (Å²) in [6.45, 7) is 0. The number of anilines is 2. The van der Waals surface area contributed by atoms with Crippen molar-refractivity contribution in [3.05, 3.63) is 127 Å². The Morgan fingerprint density at radius 3 is 2.33 bits per heavy atom. The first kappa shape index (κ1) is 23.5. The fourth-order valence-electron chi connectivity index (χ4n) is 7.68. The molecule has 0 saturated heterocycles. The zero-order valence-electron chi connectivity index (χ0n) is 24.0.